The molecule has 4 rings (SSSR count). The normalized spacial score (nSPS) is 17.0. The number of amides is 1. The fourth-order valence-electron chi connectivity index (χ4n) is 3.68. The maximum Gasteiger partial charge on any atom is 0.321 e. The van der Waals surface area contributed by atoms with Crippen LogP contribution in [0.2, 0.25) is 0 Å². The number of ether oxygens (including phenoxy) is 1. The number of benzene rings is 2. The maximum atomic E-state index is 13.2. The highest BCUT2D eigenvalue weighted by molar-refractivity contribution is 7.89. The molecule has 3 aromatic rings. The number of nitrogens with one attached hydrogen (secondary N) is 1. The number of piperidine rings is 1. The molecule has 1 amide bonds. The molecule has 2 aromatic carbocycles. The lowest BCUT2D eigenvalue weighted by Gasteiger charge is -2.33. The molecule has 9 heteroatoms. The lowest BCUT2D eigenvalue weighted by molar-refractivity contribution is -0.120. The Balaban J connectivity index is 1.51. The summed E-state index contributed by atoms with van der Waals surface area (Å²) in [5.74, 6) is 0.199. The molecule has 1 aromatic heterocycles. The van der Waals surface area contributed by atoms with E-state index in [1.807, 2.05) is 6.92 Å². The van der Waals surface area contributed by atoms with Crippen molar-refractivity contribution in [2.24, 2.45) is 0 Å². The summed E-state index contributed by atoms with van der Waals surface area (Å²) in [5, 5.41) is 2.89. The van der Waals surface area contributed by atoms with Crippen LogP contribution in [0, 0.1) is 6.92 Å². The average Bonchev–Trinajstić information content (AvgIpc) is 2.82. The van der Waals surface area contributed by atoms with Crippen molar-refractivity contribution >= 4 is 21.6 Å². The Morgan fingerprint density at radius 3 is 2.53 bits per heavy atom. The van der Waals surface area contributed by atoms with Gasteiger partial charge in [-0.25, -0.2) is 18.4 Å². The SMILES string of the molecule is Cc1cc(Oc2ncccn2)ccc1NC(=O)[C@@H]1CCCCN1S(=O)(=O)c1ccccc1. The van der Waals surface area contributed by atoms with E-state index >= 15 is 0 Å². The Labute approximate surface area is 187 Å². The predicted octanol–water partition coefficient (Wildman–Crippen LogP) is 3.76. The van der Waals surface area contributed by atoms with Crippen LogP contribution in [0.1, 0.15) is 24.8 Å². The highest BCUT2D eigenvalue weighted by atomic mass is 32.2. The van der Waals surface area contributed by atoms with Crippen molar-refractivity contribution in [3.05, 3.63) is 72.6 Å². The number of aryl methyl sites for hydroxylation is 1. The van der Waals surface area contributed by atoms with Crippen molar-refractivity contribution < 1.29 is 17.9 Å². The molecule has 166 valence electrons. The summed E-state index contributed by atoms with van der Waals surface area (Å²) >= 11 is 0. The van der Waals surface area contributed by atoms with E-state index < -0.39 is 16.1 Å². The third-order valence-corrected chi connectivity index (χ3v) is 7.24. The first-order valence-corrected chi connectivity index (χ1v) is 11.8. The highest BCUT2D eigenvalue weighted by Gasteiger charge is 2.37. The second-order valence-electron chi connectivity index (χ2n) is 7.54. The topological polar surface area (TPSA) is 101 Å². The van der Waals surface area contributed by atoms with Crippen molar-refractivity contribution in [3.63, 3.8) is 0 Å². The zero-order valence-electron chi connectivity index (χ0n) is 17.6. The number of aromatic nitrogens is 2. The zero-order chi connectivity index (χ0) is 22.6. The molecule has 1 N–H and O–H groups in total. The van der Waals surface area contributed by atoms with E-state index in [2.05, 4.69) is 15.3 Å². The second-order valence-corrected chi connectivity index (χ2v) is 9.43. The number of carbonyl (C=O) groups excluding carboxylic acids is 1. The second kappa shape index (κ2) is 9.46. The van der Waals surface area contributed by atoms with Crippen LogP contribution in [0.5, 0.6) is 11.8 Å². The Morgan fingerprint density at radius 1 is 1.06 bits per heavy atom. The molecule has 0 aliphatic carbocycles. The maximum absolute atomic E-state index is 13.2. The molecular formula is C23H24N4O4S. The summed E-state index contributed by atoms with van der Waals surface area (Å²) < 4.78 is 33.3. The lowest BCUT2D eigenvalue weighted by Crippen LogP contribution is -2.49. The van der Waals surface area contributed by atoms with Gasteiger partial charge in [0.25, 0.3) is 0 Å². The Morgan fingerprint density at radius 2 is 1.81 bits per heavy atom. The van der Waals surface area contributed by atoms with Crippen LogP contribution in [-0.2, 0) is 14.8 Å². The first-order chi connectivity index (χ1) is 15.4. The van der Waals surface area contributed by atoms with Crippen molar-refractivity contribution in [1.29, 1.82) is 0 Å². The lowest BCUT2D eigenvalue weighted by atomic mass is 10.0. The molecule has 1 fully saturated rings. The van der Waals surface area contributed by atoms with E-state index in [1.54, 1.807) is 67.0 Å². The molecule has 0 saturated carbocycles. The molecule has 0 bridgehead atoms. The molecule has 1 aliphatic rings. The van der Waals surface area contributed by atoms with Crippen molar-refractivity contribution in [3.8, 4) is 11.8 Å². The van der Waals surface area contributed by atoms with Gasteiger partial charge in [-0.05, 0) is 61.7 Å². The van der Waals surface area contributed by atoms with E-state index in [9.17, 15) is 13.2 Å². The largest absolute Gasteiger partial charge is 0.424 e. The Hall–Kier alpha value is -3.30. The number of hydrogen-bond donors (Lipinski definition) is 1. The van der Waals surface area contributed by atoms with Gasteiger partial charge in [0.2, 0.25) is 15.9 Å². The number of nitrogens with zero attached hydrogens (tertiary/aromatic N) is 3. The van der Waals surface area contributed by atoms with Crippen LogP contribution < -0.4 is 10.1 Å². The monoisotopic (exact) mass is 452 g/mol. The number of hydrogen-bond acceptors (Lipinski definition) is 6. The molecule has 1 atom stereocenters. The van der Waals surface area contributed by atoms with E-state index in [0.29, 0.717) is 24.4 Å². The molecule has 0 spiro atoms. The summed E-state index contributed by atoms with van der Waals surface area (Å²) in [7, 11) is -3.76. The first kappa shape index (κ1) is 21.9. The number of rotatable bonds is 6. The van der Waals surface area contributed by atoms with Crippen LogP contribution in [0.15, 0.2) is 71.9 Å². The van der Waals surface area contributed by atoms with Gasteiger partial charge >= 0.3 is 6.01 Å². The van der Waals surface area contributed by atoms with Crippen LogP contribution in [-0.4, -0.2) is 41.2 Å². The van der Waals surface area contributed by atoms with Gasteiger partial charge < -0.3 is 10.1 Å². The minimum Gasteiger partial charge on any atom is -0.424 e. The summed E-state index contributed by atoms with van der Waals surface area (Å²) in [4.78, 5) is 21.4. The van der Waals surface area contributed by atoms with E-state index in [4.69, 9.17) is 4.74 Å². The van der Waals surface area contributed by atoms with Crippen LogP contribution in [0.4, 0.5) is 5.69 Å². The van der Waals surface area contributed by atoms with Crippen molar-refractivity contribution in [2.45, 2.75) is 37.1 Å². The van der Waals surface area contributed by atoms with Gasteiger partial charge in [-0.1, -0.05) is 24.6 Å². The molecule has 0 radical (unpaired) electrons. The van der Waals surface area contributed by atoms with E-state index in [1.165, 1.54) is 4.31 Å². The van der Waals surface area contributed by atoms with E-state index in [0.717, 1.165) is 18.4 Å². The summed E-state index contributed by atoms with van der Waals surface area (Å²) in [5.41, 5.74) is 1.37. The number of anilines is 1. The Kier molecular flexibility index (Phi) is 6.48. The quantitative estimate of drug-likeness (QED) is 0.611. The number of sulfonamides is 1. The van der Waals surface area contributed by atoms with Crippen LogP contribution in [0.25, 0.3) is 0 Å². The van der Waals surface area contributed by atoms with E-state index in [-0.39, 0.29) is 16.8 Å². The Bertz CT molecular complexity index is 1190. The van der Waals surface area contributed by atoms with Crippen molar-refractivity contribution in [2.75, 3.05) is 11.9 Å². The highest BCUT2D eigenvalue weighted by Crippen LogP contribution is 2.28. The smallest absolute Gasteiger partial charge is 0.321 e. The van der Waals surface area contributed by atoms with Gasteiger partial charge in [0.15, 0.2) is 0 Å². The predicted molar refractivity (Wildman–Crippen MR) is 120 cm³/mol. The van der Waals surface area contributed by atoms with Crippen molar-refractivity contribution in [1.82, 2.24) is 14.3 Å². The third kappa shape index (κ3) is 4.79. The molecule has 32 heavy (non-hydrogen) atoms. The minimum absolute atomic E-state index is 0.195. The van der Waals surface area contributed by atoms with Gasteiger partial charge in [0.1, 0.15) is 11.8 Å². The minimum atomic E-state index is -3.76. The molecule has 1 aliphatic heterocycles. The molecule has 8 nitrogen and oxygen atoms in total. The van der Waals surface area contributed by atoms with Gasteiger partial charge in [-0.3, -0.25) is 4.79 Å². The summed E-state index contributed by atoms with van der Waals surface area (Å²) in [6.45, 7) is 2.16. The van der Waals surface area contributed by atoms with Gasteiger partial charge in [0.05, 0.1) is 4.90 Å². The summed E-state index contributed by atoms with van der Waals surface area (Å²) in [6.07, 6.45) is 5.17. The van der Waals surface area contributed by atoms with Gasteiger partial charge in [0, 0.05) is 24.6 Å². The zero-order valence-corrected chi connectivity index (χ0v) is 18.5. The molecule has 1 saturated heterocycles. The molecular weight excluding hydrogens is 428 g/mol. The van der Waals surface area contributed by atoms with Crippen LogP contribution in [0.3, 0.4) is 0 Å². The first-order valence-electron chi connectivity index (χ1n) is 10.4. The fraction of sp³-hybridized carbons (Fsp3) is 0.261. The molecule has 0 unspecified atom stereocenters. The fourth-order valence-corrected chi connectivity index (χ4v) is 5.36. The standard InChI is InChI=1S/C23H24N4O4S/c1-17-16-18(31-23-24-13-7-14-25-23)11-12-20(17)26-22(28)21-10-5-6-15-27(21)32(29,30)19-8-3-2-4-9-19/h2-4,7-9,11-14,16,21H,5-6,10,15H2,1H3,(H,26,28)/t21-/m0/s1. The third-order valence-electron chi connectivity index (χ3n) is 5.31. The van der Waals surface area contributed by atoms with Gasteiger partial charge in [-0.2, -0.15) is 4.31 Å². The van der Waals surface area contributed by atoms with Gasteiger partial charge in [-0.15, -0.1) is 0 Å². The average molecular weight is 453 g/mol. The van der Waals surface area contributed by atoms with Crippen LogP contribution >= 0.6 is 0 Å². The summed E-state index contributed by atoms with van der Waals surface area (Å²) in [6, 6.07) is 14.6. The molecule has 2 heterocycles. The number of carbonyl (C=O) groups is 1.